The first kappa shape index (κ1) is 14.0. The van der Waals surface area contributed by atoms with Gasteiger partial charge in [0.2, 0.25) is 0 Å². The molecule has 1 unspecified atom stereocenters. The minimum absolute atomic E-state index is 0.0626. The third-order valence-corrected chi connectivity index (χ3v) is 5.80. The molecule has 1 aliphatic carbocycles. The van der Waals surface area contributed by atoms with Crippen molar-refractivity contribution in [1.29, 1.82) is 0 Å². The van der Waals surface area contributed by atoms with Crippen molar-refractivity contribution in [2.45, 2.75) is 57.7 Å². The Morgan fingerprint density at radius 2 is 1.81 bits per heavy atom. The van der Waals surface area contributed by atoms with E-state index in [2.05, 4.69) is 19.2 Å². The average molecular weight is 247 g/mol. The van der Waals surface area contributed by atoms with Crippen LogP contribution in [0.15, 0.2) is 0 Å². The maximum atomic E-state index is 12.2. The van der Waals surface area contributed by atoms with Crippen molar-refractivity contribution in [3.05, 3.63) is 0 Å². The standard InChI is InChI=1S/C12H25NO2S/c1-4-13-12(10(2)3)9-16(14,15)11-7-5-6-8-11/h10-13H,4-9H2,1-3H3. The topological polar surface area (TPSA) is 46.2 Å². The fourth-order valence-corrected chi connectivity index (χ4v) is 4.71. The van der Waals surface area contributed by atoms with Gasteiger partial charge >= 0.3 is 0 Å². The van der Waals surface area contributed by atoms with Crippen LogP contribution in [0, 0.1) is 5.92 Å². The zero-order valence-corrected chi connectivity index (χ0v) is 11.5. The van der Waals surface area contributed by atoms with Crippen LogP contribution in [0.25, 0.3) is 0 Å². The van der Waals surface area contributed by atoms with E-state index >= 15 is 0 Å². The summed E-state index contributed by atoms with van der Waals surface area (Å²) in [6.45, 7) is 7.02. The van der Waals surface area contributed by atoms with E-state index in [9.17, 15) is 8.42 Å². The lowest BCUT2D eigenvalue weighted by Gasteiger charge is -2.23. The fraction of sp³-hybridized carbons (Fsp3) is 1.00. The van der Waals surface area contributed by atoms with Crippen LogP contribution in [0.3, 0.4) is 0 Å². The molecule has 0 amide bonds. The minimum Gasteiger partial charge on any atom is -0.313 e. The van der Waals surface area contributed by atoms with E-state index in [-0.39, 0.29) is 11.3 Å². The Morgan fingerprint density at radius 3 is 2.25 bits per heavy atom. The monoisotopic (exact) mass is 247 g/mol. The highest BCUT2D eigenvalue weighted by molar-refractivity contribution is 7.92. The largest absolute Gasteiger partial charge is 0.313 e. The van der Waals surface area contributed by atoms with Crippen molar-refractivity contribution in [2.24, 2.45) is 5.92 Å². The van der Waals surface area contributed by atoms with Crippen LogP contribution in [-0.2, 0) is 9.84 Å². The molecule has 96 valence electrons. The van der Waals surface area contributed by atoms with E-state index in [0.29, 0.717) is 11.7 Å². The van der Waals surface area contributed by atoms with Gasteiger partial charge in [0.15, 0.2) is 9.84 Å². The van der Waals surface area contributed by atoms with Crippen LogP contribution >= 0.6 is 0 Å². The average Bonchev–Trinajstić information content (AvgIpc) is 2.69. The first-order valence-electron chi connectivity index (χ1n) is 6.42. The van der Waals surface area contributed by atoms with Gasteiger partial charge in [0.1, 0.15) is 0 Å². The van der Waals surface area contributed by atoms with E-state index < -0.39 is 9.84 Å². The molecule has 0 bridgehead atoms. The summed E-state index contributed by atoms with van der Waals surface area (Å²) in [4.78, 5) is 0. The van der Waals surface area contributed by atoms with Crippen molar-refractivity contribution >= 4 is 9.84 Å². The molecule has 1 aliphatic rings. The Hall–Kier alpha value is -0.0900. The molecule has 1 rings (SSSR count). The highest BCUT2D eigenvalue weighted by Crippen LogP contribution is 2.26. The summed E-state index contributed by atoms with van der Waals surface area (Å²) in [6, 6.07) is 0.107. The Labute approximate surface area is 99.9 Å². The number of hydrogen-bond donors (Lipinski definition) is 1. The fourth-order valence-electron chi connectivity index (χ4n) is 2.38. The summed E-state index contributed by atoms with van der Waals surface area (Å²) in [6.07, 6.45) is 3.91. The summed E-state index contributed by atoms with van der Waals surface area (Å²) in [5.41, 5.74) is 0. The van der Waals surface area contributed by atoms with Gasteiger partial charge in [-0.2, -0.15) is 0 Å². The van der Waals surface area contributed by atoms with E-state index in [0.717, 1.165) is 32.2 Å². The molecule has 1 N–H and O–H groups in total. The molecule has 0 heterocycles. The molecule has 0 aromatic carbocycles. The predicted octanol–water partition coefficient (Wildman–Crippen LogP) is 1.98. The second-order valence-electron chi connectivity index (χ2n) is 5.14. The van der Waals surface area contributed by atoms with Crippen molar-refractivity contribution in [2.75, 3.05) is 12.3 Å². The smallest absolute Gasteiger partial charge is 0.154 e. The van der Waals surface area contributed by atoms with Crippen molar-refractivity contribution in [3.63, 3.8) is 0 Å². The summed E-state index contributed by atoms with van der Waals surface area (Å²) < 4.78 is 24.4. The Balaban J connectivity index is 2.61. The second kappa shape index (κ2) is 6.01. The molecule has 1 saturated carbocycles. The van der Waals surface area contributed by atoms with Crippen molar-refractivity contribution in [1.82, 2.24) is 5.32 Å². The number of nitrogens with one attached hydrogen (secondary N) is 1. The molecule has 0 aromatic rings. The number of hydrogen-bond acceptors (Lipinski definition) is 3. The van der Waals surface area contributed by atoms with Gasteiger partial charge < -0.3 is 5.32 Å². The lowest BCUT2D eigenvalue weighted by Crippen LogP contribution is -2.41. The van der Waals surface area contributed by atoms with Gasteiger partial charge in [-0.25, -0.2) is 8.42 Å². The van der Waals surface area contributed by atoms with Gasteiger partial charge in [0, 0.05) is 6.04 Å². The highest BCUT2D eigenvalue weighted by atomic mass is 32.2. The third kappa shape index (κ3) is 3.74. The summed E-state index contributed by atoms with van der Waals surface area (Å²) in [5.74, 6) is 0.680. The third-order valence-electron chi connectivity index (χ3n) is 3.49. The molecule has 16 heavy (non-hydrogen) atoms. The quantitative estimate of drug-likeness (QED) is 0.780. The van der Waals surface area contributed by atoms with Crippen LogP contribution in [-0.4, -0.2) is 32.0 Å². The van der Waals surface area contributed by atoms with Crippen LogP contribution in [0.4, 0.5) is 0 Å². The van der Waals surface area contributed by atoms with E-state index in [1.807, 2.05) is 6.92 Å². The van der Waals surface area contributed by atoms with Gasteiger partial charge in [-0.15, -0.1) is 0 Å². The van der Waals surface area contributed by atoms with Crippen LogP contribution in [0.1, 0.15) is 46.5 Å². The Bertz CT molecular complexity index is 292. The molecule has 0 saturated heterocycles. The second-order valence-corrected chi connectivity index (χ2v) is 7.47. The molecule has 1 fully saturated rings. The van der Waals surface area contributed by atoms with Gasteiger partial charge in [-0.3, -0.25) is 0 Å². The summed E-state index contributed by atoms with van der Waals surface area (Å²) in [7, 11) is -2.89. The van der Waals surface area contributed by atoms with Crippen LogP contribution in [0.5, 0.6) is 0 Å². The Kier molecular flexibility index (Phi) is 5.25. The zero-order valence-electron chi connectivity index (χ0n) is 10.7. The van der Waals surface area contributed by atoms with Crippen LogP contribution < -0.4 is 5.32 Å². The van der Waals surface area contributed by atoms with E-state index in [1.54, 1.807) is 0 Å². The molecular weight excluding hydrogens is 222 g/mol. The zero-order chi connectivity index (χ0) is 12.2. The predicted molar refractivity (Wildman–Crippen MR) is 68.3 cm³/mol. The van der Waals surface area contributed by atoms with Gasteiger partial charge in [-0.05, 0) is 25.3 Å². The SMILES string of the molecule is CCNC(CS(=O)(=O)C1CCCC1)C(C)C. The minimum atomic E-state index is -2.89. The van der Waals surface area contributed by atoms with E-state index in [1.165, 1.54) is 0 Å². The maximum Gasteiger partial charge on any atom is 0.154 e. The maximum absolute atomic E-state index is 12.2. The Morgan fingerprint density at radius 1 is 1.25 bits per heavy atom. The number of sulfone groups is 1. The molecule has 0 aromatic heterocycles. The van der Waals surface area contributed by atoms with Gasteiger partial charge in [0.05, 0.1) is 11.0 Å². The molecule has 1 atom stereocenters. The molecule has 0 aliphatic heterocycles. The normalized spacial score (nSPS) is 20.5. The van der Waals surface area contributed by atoms with Crippen molar-refractivity contribution < 1.29 is 8.42 Å². The first-order chi connectivity index (χ1) is 7.47. The lowest BCUT2D eigenvalue weighted by atomic mass is 10.1. The molecule has 4 heteroatoms. The van der Waals surface area contributed by atoms with Crippen LogP contribution in [0.2, 0.25) is 0 Å². The van der Waals surface area contributed by atoms with Crippen molar-refractivity contribution in [3.8, 4) is 0 Å². The molecule has 0 radical (unpaired) electrons. The first-order valence-corrected chi connectivity index (χ1v) is 8.14. The van der Waals surface area contributed by atoms with Gasteiger partial charge in [-0.1, -0.05) is 33.6 Å². The molecular formula is C12H25NO2S. The number of rotatable bonds is 6. The molecule has 0 spiro atoms. The summed E-state index contributed by atoms with van der Waals surface area (Å²) >= 11 is 0. The van der Waals surface area contributed by atoms with E-state index in [4.69, 9.17) is 0 Å². The highest BCUT2D eigenvalue weighted by Gasteiger charge is 2.31. The van der Waals surface area contributed by atoms with Gasteiger partial charge in [0.25, 0.3) is 0 Å². The summed E-state index contributed by atoms with van der Waals surface area (Å²) in [5, 5.41) is 3.22. The molecule has 3 nitrogen and oxygen atoms in total. The lowest BCUT2D eigenvalue weighted by molar-refractivity contribution is 0.433.